The molecule has 0 fully saturated rings. The first-order valence-electron chi connectivity index (χ1n) is 4.22. The Labute approximate surface area is 82.7 Å². The summed E-state index contributed by atoms with van der Waals surface area (Å²) in [6, 6.07) is 6.60. The minimum atomic E-state index is -0.155. The second-order valence-corrected chi connectivity index (χ2v) is 2.92. The van der Waals surface area contributed by atoms with Crippen LogP contribution in [0.15, 0.2) is 24.3 Å². The molecule has 1 N–H and O–H groups in total. The molecule has 4 nitrogen and oxygen atoms in total. The van der Waals surface area contributed by atoms with E-state index in [0.717, 1.165) is 10.6 Å². The second-order valence-electron chi connectivity index (χ2n) is 2.92. The van der Waals surface area contributed by atoms with Gasteiger partial charge in [-0.05, 0) is 17.7 Å². The average Bonchev–Trinajstić information content (AvgIpc) is 2.16. The van der Waals surface area contributed by atoms with Gasteiger partial charge < -0.3 is 5.11 Å². The second kappa shape index (κ2) is 4.62. The third kappa shape index (κ3) is 2.74. The third-order valence-electron chi connectivity index (χ3n) is 1.89. The van der Waals surface area contributed by atoms with Gasteiger partial charge in [0.15, 0.2) is 0 Å². The van der Waals surface area contributed by atoms with Gasteiger partial charge in [0.1, 0.15) is 5.75 Å². The van der Waals surface area contributed by atoms with Crippen LogP contribution in [-0.2, 0) is 16.1 Å². The zero-order chi connectivity index (χ0) is 10.6. The van der Waals surface area contributed by atoms with E-state index in [2.05, 4.69) is 0 Å². The maximum Gasteiger partial charge on any atom is 0.250 e. The number of hydrogen-bond acceptors (Lipinski definition) is 3. The quantitative estimate of drug-likeness (QED) is 0.731. The van der Waals surface area contributed by atoms with E-state index in [-0.39, 0.29) is 18.1 Å². The first kappa shape index (κ1) is 10.5. The molecule has 1 aromatic carbocycles. The van der Waals surface area contributed by atoms with Crippen molar-refractivity contribution in [1.82, 2.24) is 5.06 Å². The molecule has 0 aliphatic heterocycles. The fourth-order valence-electron chi connectivity index (χ4n) is 1.05. The van der Waals surface area contributed by atoms with Crippen molar-refractivity contribution >= 4 is 5.91 Å². The van der Waals surface area contributed by atoms with Crippen LogP contribution in [0.4, 0.5) is 0 Å². The highest BCUT2D eigenvalue weighted by atomic mass is 16.7. The van der Waals surface area contributed by atoms with E-state index in [1.165, 1.54) is 7.11 Å². The average molecular weight is 195 g/mol. The fourth-order valence-corrected chi connectivity index (χ4v) is 1.05. The van der Waals surface area contributed by atoms with Crippen LogP contribution in [0.5, 0.6) is 5.75 Å². The lowest BCUT2D eigenvalue weighted by Crippen LogP contribution is -2.26. The molecule has 1 rings (SSSR count). The van der Waals surface area contributed by atoms with Crippen molar-refractivity contribution in [3.63, 3.8) is 0 Å². The predicted molar refractivity (Wildman–Crippen MR) is 51.6 cm³/mol. The number of amides is 1. The molecule has 14 heavy (non-hydrogen) atoms. The molecular weight excluding hydrogens is 182 g/mol. The van der Waals surface area contributed by atoms with E-state index >= 15 is 0 Å². The van der Waals surface area contributed by atoms with Crippen LogP contribution in [0.2, 0.25) is 0 Å². The Hall–Kier alpha value is -1.55. The molecule has 0 heterocycles. The normalized spacial score (nSPS) is 9.86. The maximum absolute atomic E-state index is 11.4. The lowest BCUT2D eigenvalue weighted by atomic mass is 10.1. The van der Waals surface area contributed by atoms with Crippen LogP contribution in [0.1, 0.15) is 5.56 Å². The van der Waals surface area contributed by atoms with Gasteiger partial charge in [-0.2, -0.15) is 0 Å². The Morgan fingerprint density at radius 3 is 2.86 bits per heavy atom. The number of nitrogens with zero attached hydrogens (tertiary/aromatic N) is 1. The Morgan fingerprint density at radius 1 is 1.57 bits per heavy atom. The predicted octanol–water partition coefficient (Wildman–Crippen LogP) is 0.954. The van der Waals surface area contributed by atoms with Gasteiger partial charge in [-0.3, -0.25) is 9.63 Å². The van der Waals surface area contributed by atoms with Gasteiger partial charge in [0.25, 0.3) is 0 Å². The van der Waals surface area contributed by atoms with E-state index in [9.17, 15) is 4.79 Å². The highest BCUT2D eigenvalue weighted by Crippen LogP contribution is 2.11. The van der Waals surface area contributed by atoms with Crippen LogP contribution in [0.25, 0.3) is 0 Å². The molecule has 4 heteroatoms. The molecule has 1 aromatic rings. The first-order chi connectivity index (χ1) is 6.63. The molecule has 76 valence electrons. The standard InChI is InChI=1S/C10H13NO3/c1-11(14-2)10(13)7-8-4-3-5-9(12)6-8/h3-6,12H,7H2,1-2H3. The van der Waals surface area contributed by atoms with E-state index < -0.39 is 0 Å². The summed E-state index contributed by atoms with van der Waals surface area (Å²) < 4.78 is 0. The Kier molecular flexibility index (Phi) is 3.48. The number of benzene rings is 1. The number of likely N-dealkylation sites (N-methyl/N-ethyl adjacent to an activating group) is 1. The summed E-state index contributed by atoms with van der Waals surface area (Å²) in [4.78, 5) is 16.1. The van der Waals surface area contributed by atoms with E-state index in [0.29, 0.717) is 0 Å². The highest BCUT2D eigenvalue weighted by Gasteiger charge is 2.08. The Balaban J connectivity index is 2.65. The minimum absolute atomic E-state index is 0.155. The Morgan fingerprint density at radius 2 is 2.29 bits per heavy atom. The van der Waals surface area contributed by atoms with Crippen LogP contribution in [0.3, 0.4) is 0 Å². The van der Waals surface area contributed by atoms with Gasteiger partial charge in [0, 0.05) is 7.05 Å². The van der Waals surface area contributed by atoms with Crippen molar-refractivity contribution in [3.05, 3.63) is 29.8 Å². The minimum Gasteiger partial charge on any atom is -0.508 e. The lowest BCUT2D eigenvalue weighted by Gasteiger charge is -2.13. The summed E-state index contributed by atoms with van der Waals surface area (Å²) in [5, 5.41) is 10.3. The molecule has 0 radical (unpaired) electrons. The van der Waals surface area contributed by atoms with Crippen LogP contribution >= 0.6 is 0 Å². The van der Waals surface area contributed by atoms with Gasteiger partial charge in [-0.25, -0.2) is 5.06 Å². The van der Waals surface area contributed by atoms with Crippen LogP contribution in [-0.4, -0.2) is 30.2 Å². The molecule has 0 aromatic heterocycles. The van der Waals surface area contributed by atoms with Gasteiger partial charge in [0.2, 0.25) is 5.91 Å². The van der Waals surface area contributed by atoms with Gasteiger partial charge in [0.05, 0.1) is 13.5 Å². The number of hydroxylamine groups is 2. The van der Waals surface area contributed by atoms with E-state index in [4.69, 9.17) is 9.94 Å². The molecule has 1 amide bonds. The van der Waals surface area contributed by atoms with Crippen molar-refractivity contribution in [2.75, 3.05) is 14.2 Å². The summed E-state index contributed by atoms with van der Waals surface area (Å²) in [7, 11) is 2.98. The van der Waals surface area contributed by atoms with Crippen LogP contribution in [0, 0.1) is 0 Å². The number of carbonyl (C=O) groups excluding carboxylic acids is 1. The molecule has 0 bridgehead atoms. The smallest absolute Gasteiger partial charge is 0.250 e. The summed E-state index contributed by atoms with van der Waals surface area (Å²) >= 11 is 0. The molecule has 0 aliphatic rings. The number of phenols is 1. The number of rotatable bonds is 3. The van der Waals surface area contributed by atoms with Crippen molar-refractivity contribution in [1.29, 1.82) is 0 Å². The number of hydrogen-bond donors (Lipinski definition) is 1. The molecule has 0 unspecified atom stereocenters. The van der Waals surface area contributed by atoms with Gasteiger partial charge >= 0.3 is 0 Å². The zero-order valence-electron chi connectivity index (χ0n) is 8.23. The molecule has 0 spiro atoms. The monoisotopic (exact) mass is 195 g/mol. The van der Waals surface area contributed by atoms with Crippen LogP contribution < -0.4 is 0 Å². The molecule has 0 atom stereocenters. The molecule has 0 saturated carbocycles. The molecular formula is C10H13NO3. The largest absolute Gasteiger partial charge is 0.508 e. The highest BCUT2D eigenvalue weighted by molar-refractivity contribution is 5.77. The number of phenolic OH excluding ortho intramolecular Hbond substituents is 1. The van der Waals surface area contributed by atoms with Crippen molar-refractivity contribution < 1.29 is 14.7 Å². The van der Waals surface area contributed by atoms with E-state index in [1.807, 2.05) is 0 Å². The SMILES string of the molecule is CON(C)C(=O)Cc1cccc(O)c1. The summed E-state index contributed by atoms with van der Waals surface area (Å²) in [6.07, 6.45) is 0.221. The first-order valence-corrected chi connectivity index (χ1v) is 4.22. The lowest BCUT2D eigenvalue weighted by molar-refractivity contribution is -0.167. The Bertz CT molecular complexity index is 325. The summed E-state index contributed by atoms with van der Waals surface area (Å²) in [6.45, 7) is 0. The molecule has 0 saturated heterocycles. The summed E-state index contributed by atoms with van der Waals surface area (Å²) in [5.74, 6) is 0.00784. The maximum atomic E-state index is 11.4. The topological polar surface area (TPSA) is 49.8 Å². The van der Waals surface area contributed by atoms with Crippen molar-refractivity contribution in [2.45, 2.75) is 6.42 Å². The van der Waals surface area contributed by atoms with Gasteiger partial charge in [-0.1, -0.05) is 12.1 Å². The van der Waals surface area contributed by atoms with Crippen molar-refractivity contribution in [2.24, 2.45) is 0 Å². The summed E-state index contributed by atoms with van der Waals surface area (Å²) in [5.41, 5.74) is 0.763. The fraction of sp³-hybridized carbons (Fsp3) is 0.300. The number of aromatic hydroxyl groups is 1. The van der Waals surface area contributed by atoms with Gasteiger partial charge in [-0.15, -0.1) is 0 Å². The van der Waals surface area contributed by atoms with E-state index in [1.54, 1.807) is 31.3 Å². The number of carbonyl (C=O) groups is 1. The zero-order valence-corrected chi connectivity index (χ0v) is 8.23. The van der Waals surface area contributed by atoms with Crippen molar-refractivity contribution in [3.8, 4) is 5.75 Å². The molecule has 0 aliphatic carbocycles. The third-order valence-corrected chi connectivity index (χ3v) is 1.89.